The molecule has 0 unspecified atom stereocenters. The fourth-order valence-electron chi connectivity index (χ4n) is 5.02. The Morgan fingerprint density at radius 3 is 2.41 bits per heavy atom. The number of nitrogens with two attached hydrogens (primary N) is 1. The van der Waals surface area contributed by atoms with Crippen molar-refractivity contribution in [3.63, 3.8) is 0 Å². The molecule has 6 heteroatoms. The molecule has 6 rings (SSSR count). The molecule has 0 saturated heterocycles. The Labute approximate surface area is 238 Å². The Bertz CT molecular complexity index is 1810. The summed E-state index contributed by atoms with van der Waals surface area (Å²) in [5.74, 6) is 0.601. The number of aromatic amines is 1. The van der Waals surface area contributed by atoms with Crippen molar-refractivity contribution in [1.29, 1.82) is 0 Å². The van der Waals surface area contributed by atoms with E-state index in [2.05, 4.69) is 28.4 Å². The summed E-state index contributed by atoms with van der Waals surface area (Å²) in [4.78, 5) is 18.1. The van der Waals surface area contributed by atoms with Crippen molar-refractivity contribution in [3.8, 4) is 28.1 Å². The van der Waals surface area contributed by atoms with E-state index in [0.717, 1.165) is 45.4 Å². The highest BCUT2D eigenvalue weighted by atomic mass is 16.5. The molecule has 0 spiro atoms. The maximum absolute atomic E-state index is 13.2. The van der Waals surface area contributed by atoms with Crippen LogP contribution < -0.4 is 10.5 Å². The molecule has 1 atom stereocenters. The third-order valence-electron chi connectivity index (χ3n) is 7.16. The van der Waals surface area contributed by atoms with Crippen LogP contribution in [-0.2, 0) is 6.42 Å². The minimum absolute atomic E-state index is 0.0307. The van der Waals surface area contributed by atoms with E-state index in [1.54, 1.807) is 6.20 Å². The Hall–Kier alpha value is -5.07. The van der Waals surface area contributed by atoms with Crippen LogP contribution in [0, 0.1) is 6.92 Å². The second-order valence-electron chi connectivity index (χ2n) is 10.2. The first kappa shape index (κ1) is 26.2. The number of ether oxygens (including phenoxy) is 1. The van der Waals surface area contributed by atoms with E-state index in [9.17, 15) is 4.79 Å². The summed E-state index contributed by atoms with van der Waals surface area (Å²) >= 11 is 0. The van der Waals surface area contributed by atoms with Gasteiger partial charge in [0, 0.05) is 39.4 Å². The molecule has 6 nitrogen and oxygen atoms in total. The number of H-pyrrole nitrogens is 1. The predicted octanol–water partition coefficient (Wildman–Crippen LogP) is 6.78. The Balaban J connectivity index is 1.35. The van der Waals surface area contributed by atoms with E-state index in [1.165, 1.54) is 5.56 Å². The number of carbonyl (C=O) groups is 1. The number of pyridine rings is 1. The first-order valence-corrected chi connectivity index (χ1v) is 13.6. The van der Waals surface area contributed by atoms with Crippen LogP contribution in [0.5, 0.6) is 5.75 Å². The number of rotatable bonds is 9. The van der Waals surface area contributed by atoms with Gasteiger partial charge >= 0.3 is 0 Å². The zero-order valence-electron chi connectivity index (χ0n) is 22.7. The molecule has 0 radical (unpaired) electrons. The summed E-state index contributed by atoms with van der Waals surface area (Å²) in [5, 5.41) is 8.48. The predicted molar refractivity (Wildman–Crippen MR) is 163 cm³/mol. The van der Waals surface area contributed by atoms with Crippen molar-refractivity contribution in [2.24, 2.45) is 5.73 Å². The zero-order chi connectivity index (χ0) is 28.2. The van der Waals surface area contributed by atoms with E-state index in [4.69, 9.17) is 15.5 Å². The standard InChI is InChI=1S/C35H30N4O2/c1-23-31-19-26(15-16-33(31)39-38-23)32-20-30(41-22-29(36)17-24-9-4-2-5-10-24)21-37-34(32)27-13-8-14-28(18-27)35(40)25-11-6-3-7-12-25/h2-16,18-21,29H,17,22,36H2,1H3,(H,38,39)/t29-/m0/s1. The molecule has 0 saturated carbocycles. The fourth-order valence-corrected chi connectivity index (χ4v) is 5.02. The molecular formula is C35H30N4O2. The molecule has 0 aliphatic rings. The smallest absolute Gasteiger partial charge is 0.193 e. The average molecular weight is 539 g/mol. The second-order valence-corrected chi connectivity index (χ2v) is 10.2. The zero-order valence-corrected chi connectivity index (χ0v) is 22.7. The second kappa shape index (κ2) is 11.6. The summed E-state index contributed by atoms with van der Waals surface area (Å²) in [6.45, 7) is 2.36. The van der Waals surface area contributed by atoms with Crippen molar-refractivity contribution < 1.29 is 9.53 Å². The lowest BCUT2D eigenvalue weighted by Crippen LogP contribution is -2.30. The molecule has 2 aromatic heterocycles. The minimum Gasteiger partial charge on any atom is -0.490 e. The minimum atomic E-state index is -0.161. The van der Waals surface area contributed by atoms with Gasteiger partial charge in [0.25, 0.3) is 0 Å². The molecule has 2 heterocycles. The van der Waals surface area contributed by atoms with E-state index >= 15 is 0 Å². The SMILES string of the molecule is Cc1[nH]nc2ccc(-c3cc(OC[C@@H](N)Cc4ccccc4)cnc3-c3cccc(C(=O)c4ccccc4)c3)cc12. The van der Waals surface area contributed by atoms with E-state index in [-0.39, 0.29) is 11.8 Å². The lowest BCUT2D eigenvalue weighted by molar-refractivity contribution is 0.103. The van der Waals surface area contributed by atoms with E-state index in [1.807, 2.05) is 97.9 Å². The number of aryl methyl sites for hydroxylation is 1. The van der Waals surface area contributed by atoms with Crippen molar-refractivity contribution in [3.05, 3.63) is 138 Å². The molecule has 0 aliphatic carbocycles. The number of carbonyl (C=O) groups excluding carboxylic acids is 1. The Kier molecular flexibility index (Phi) is 7.39. The monoisotopic (exact) mass is 538 g/mol. The van der Waals surface area contributed by atoms with Gasteiger partial charge in [0.1, 0.15) is 12.4 Å². The van der Waals surface area contributed by atoms with Gasteiger partial charge < -0.3 is 10.5 Å². The number of nitrogens with one attached hydrogen (secondary N) is 1. The van der Waals surface area contributed by atoms with Gasteiger partial charge in [-0.05, 0) is 48.7 Å². The van der Waals surface area contributed by atoms with Crippen LogP contribution in [0.2, 0.25) is 0 Å². The third-order valence-corrected chi connectivity index (χ3v) is 7.16. The number of fused-ring (bicyclic) bond motifs is 1. The number of hydrogen-bond donors (Lipinski definition) is 2. The molecule has 4 aromatic carbocycles. The van der Waals surface area contributed by atoms with Gasteiger partial charge in [0.05, 0.1) is 17.4 Å². The lowest BCUT2D eigenvalue weighted by Gasteiger charge is -2.16. The normalized spacial score (nSPS) is 11.9. The number of benzene rings is 4. The van der Waals surface area contributed by atoms with Crippen LogP contribution in [0.25, 0.3) is 33.3 Å². The largest absolute Gasteiger partial charge is 0.490 e. The molecule has 3 N–H and O–H groups in total. The molecule has 6 aromatic rings. The van der Waals surface area contributed by atoms with Crippen LogP contribution in [0.15, 0.2) is 115 Å². The highest BCUT2D eigenvalue weighted by Crippen LogP contribution is 2.35. The average Bonchev–Trinajstić information content (AvgIpc) is 3.40. The number of hydrogen-bond acceptors (Lipinski definition) is 5. The maximum atomic E-state index is 13.2. The van der Waals surface area contributed by atoms with Gasteiger partial charge in [-0.2, -0.15) is 5.10 Å². The van der Waals surface area contributed by atoms with Crippen LogP contribution in [0.3, 0.4) is 0 Å². The molecular weight excluding hydrogens is 508 g/mol. The topological polar surface area (TPSA) is 93.9 Å². The number of nitrogens with zero attached hydrogens (tertiary/aromatic N) is 2. The van der Waals surface area contributed by atoms with Crippen molar-refractivity contribution >= 4 is 16.7 Å². The lowest BCUT2D eigenvalue weighted by atomic mass is 9.95. The summed E-state index contributed by atoms with van der Waals surface area (Å²) in [6, 6.07) is 35.1. The van der Waals surface area contributed by atoms with Crippen LogP contribution in [-0.4, -0.2) is 33.6 Å². The molecule has 41 heavy (non-hydrogen) atoms. The highest BCUT2D eigenvalue weighted by molar-refractivity contribution is 6.09. The molecule has 0 aliphatic heterocycles. The van der Waals surface area contributed by atoms with Gasteiger partial charge in [-0.15, -0.1) is 0 Å². The van der Waals surface area contributed by atoms with E-state index < -0.39 is 0 Å². The van der Waals surface area contributed by atoms with Gasteiger partial charge in [0.15, 0.2) is 5.78 Å². The maximum Gasteiger partial charge on any atom is 0.193 e. The summed E-state index contributed by atoms with van der Waals surface area (Å²) in [7, 11) is 0. The number of aromatic nitrogens is 3. The summed E-state index contributed by atoms with van der Waals surface area (Å²) < 4.78 is 6.15. The van der Waals surface area contributed by atoms with Gasteiger partial charge in [0.2, 0.25) is 0 Å². The van der Waals surface area contributed by atoms with Crippen LogP contribution in [0.1, 0.15) is 27.2 Å². The first-order valence-electron chi connectivity index (χ1n) is 13.6. The molecule has 0 amide bonds. The molecule has 202 valence electrons. The highest BCUT2D eigenvalue weighted by Gasteiger charge is 2.16. The van der Waals surface area contributed by atoms with Gasteiger partial charge in [-0.3, -0.25) is 14.9 Å². The summed E-state index contributed by atoms with van der Waals surface area (Å²) in [6.07, 6.45) is 2.44. The number of ketones is 1. The Morgan fingerprint density at radius 2 is 1.61 bits per heavy atom. The molecule has 0 fully saturated rings. The third kappa shape index (κ3) is 5.78. The van der Waals surface area contributed by atoms with Crippen molar-refractivity contribution in [2.45, 2.75) is 19.4 Å². The molecule has 0 bridgehead atoms. The van der Waals surface area contributed by atoms with Crippen LogP contribution >= 0.6 is 0 Å². The van der Waals surface area contributed by atoms with Crippen molar-refractivity contribution in [2.75, 3.05) is 6.61 Å². The quantitative estimate of drug-likeness (QED) is 0.198. The van der Waals surface area contributed by atoms with Crippen LogP contribution in [0.4, 0.5) is 0 Å². The van der Waals surface area contributed by atoms with Crippen molar-refractivity contribution in [1.82, 2.24) is 15.2 Å². The Morgan fingerprint density at radius 1 is 0.854 bits per heavy atom. The fraction of sp³-hybridized carbons (Fsp3) is 0.114. The van der Waals surface area contributed by atoms with E-state index in [0.29, 0.717) is 23.5 Å². The van der Waals surface area contributed by atoms with Gasteiger partial charge in [-0.25, -0.2) is 0 Å². The van der Waals surface area contributed by atoms with Gasteiger partial charge in [-0.1, -0.05) is 84.9 Å². The summed E-state index contributed by atoms with van der Waals surface area (Å²) in [5.41, 5.74) is 14.2. The first-order chi connectivity index (χ1) is 20.0.